The maximum absolute atomic E-state index is 13.3. The van der Waals surface area contributed by atoms with Crippen molar-refractivity contribution in [3.05, 3.63) is 24.0 Å². The highest BCUT2D eigenvalue weighted by Gasteiger charge is 2.16. The van der Waals surface area contributed by atoms with Gasteiger partial charge in [0, 0.05) is 12.5 Å². The Hall–Kier alpha value is -1.33. The fourth-order valence-corrected chi connectivity index (χ4v) is 2.44. The van der Waals surface area contributed by atoms with Crippen molar-refractivity contribution in [1.82, 2.24) is 5.32 Å². The van der Waals surface area contributed by atoms with E-state index >= 15 is 0 Å². The Morgan fingerprint density at radius 1 is 1.50 bits per heavy atom. The van der Waals surface area contributed by atoms with Gasteiger partial charge in [0.2, 0.25) is 5.91 Å². The molecule has 1 fully saturated rings. The lowest BCUT2D eigenvalue weighted by atomic mass is 10.0. The summed E-state index contributed by atoms with van der Waals surface area (Å²) < 4.78 is 18.7. The van der Waals surface area contributed by atoms with E-state index in [1.165, 1.54) is 12.1 Å². The molecule has 1 unspecified atom stereocenters. The van der Waals surface area contributed by atoms with E-state index in [0.717, 1.165) is 32.4 Å². The van der Waals surface area contributed by atoms with E-state index in [0.29, 0.717) is 30.4 Å². The van der Waals surface area contributed by atoms with Crippen LogP contribution in [0, 0.1) is 11.7 Å². The van der Waals surface area contributed by atoms with Crippen molar-refractivity contribution in [3.63, 3.8) is 0 Å². The third-order valence-electron chi connectivity index (χ3n) is 3.62. The average Bonchev–Trinajstić information content (AvgIpc) is 2.98. The predicted octanol–water partition coefficient (Wildman–Crippen LogP) is 3.36. The number of halogens is 2. The number of nitrogens with one attached hydrogen (secondary N) is 2. The Kier molecular flexibility index (Phi) is 8.20. The summed E-state index contributed by atoms with van der Waals surface area (Å²) >= 11 is 0. The third kappa shape index (κ3) is 5.81. The van der Waals surface area contributed by atoms with Crippen LogP contribution in [0.2, 0.25) is 0 Å². The summed E-state index contributed by atoms with van der Waals surface area (Å²) in [6, 6.07) is 4.19. The van der Waals surface area contributed by atoms with Gasteiger partial charge < -0.3 is 15.4 Å². The van der Waals surface area contributed by atoms with Gasteiger partial charge in [-0.3, -0.25) is 4.79 Å². The number of hydrogen-bond donors (Lipinski definition) is 2. The van der Waals surface area contributed by atoms with Crippen molar-refractivity contribution in [2.75, 3.05) is 25.0 Å². The summed E-state index contributed by atoms with van der Waals surface area (Å²) in [5.41, 5.74) is 0.541. The fraction of sp³-hybridized carbons (Fsp3) is 0.562. The first-order valence-electron chi connectivity index (χ1n) is 7.62. The van der Waals surface area contributed by atoms with E-state index in [4.69, 9.17) is 4.74 Å². The molecule has 4 nitrogen and oxygen atoms in total. The number of benzene rings is 1. The van der Waals surface area contributed by atoms with Gasteiger partial charge >= 0.3 is 0 Å². The average molecular weight is 331 g/mol. The molecule has 0 aliphatic carbocycles. The first-order valence-corrected chi connectivity index (χ1v) is 7.62. The van der Waals surface area contributed by atoms with Crippen LogP contribution in [0.1, 0.15) is 32.6 Å². The largest absolute Gasteiger partial charge is 0.491 e. The fourth-order valence-electron chi connectivity index (χ4n) is 2.44. The summed E-state index contributed by atoms with van der Waals surface area (Å²) in [6.45, 7) is 4.52. The highest BCUT2D eigenvalue weighted by Crippen LogP contribution is 2.26. The second-order valence-electron chi connectivity index (χ2n) is 5.43. The normalized spacial score (nSPS) is 16.9. The van der Waals surface area contributed by atoms with Crippen LogP contribution in [0.15, 0.2) is 18.2 Å². The van der Waals surface area contributed by atoms with E-state index in [1.807, 2.05) is 6.92 Å². The Morgan fingerprint density at radius 2 is 2.32 bits per heavy atom. The predicted molar refractivity (Wildman–Crippen MR) is 88.3 cm³/mol. The van der Waals surface area contributed by atoms with Crippen LogP contribution in [0.5, 0.6) is 5.75 Å². The molecule has 1 heterocycles. The van der Waals surface area contributed by atoms with Gasteiger partial charge in [-0.25, -0.2) is 4.39 Å². The van der Waals surface area contributed by atoms with Crippen LogP contribution in [-0.2, 0) is 4.79 Å². The van der Waals surface area contributed by atoms with E-state index in [2.05, 4.69) is 10.6 Å². The molecule has 6 heteroatoms. The number of anilines is 1. The molecule has 1 aromatic carbocycles. The molecule has 22 heavy (non-hydrogen) atoms. The molecule has 0 saturated carbocycles. The van der Waals surface area contributed by atoms with Crippen LogP contribution in [0.3, 0.4) is 0 Å². The highest BCUT2D eigenvalue weighted by molar-refractivity contribution is 5.92. The molecule has 1 aliphatic rings. The Labute approximate surface area is 137 Å². The van der Waals surface area contributed by atoms with Gasteiger partial charge in [0.15, 0.2) is 0 Å². The van der Waals surface area contributed by atoms with Crippen molar-refractivity contribution in [2.24, 2.45) is 5.92 Å². The topological polar surface area (TPSA) is 50.4 Å². The van der Waals surface area contributed by atoms with Crippen molar-refractivity contribution < 1.29 is 13.9 Å². The van der Waals surface area contributed by atoms with Gasteiger partial charge in [-0.05, 0) is 50.4 Å². The van der Waals surface area contributed by atoms with Crippen LogP contribution >= 0.6 is 12.4 Å². The minimum Gasteiger partial charge on any atom is -0.491 e. The van der Waals surface area contributed by atoms with Crippen molar-refractivity contribution >= 4 is 24.0 Å². The molecule has 2 rings (SSSR count). The Morgan fingerprint density at radius 3 is 3.00 bits per heavy atom. The lowest BCUT2D eigenvalue weighted by Crippen LogP contribution is -2.15. The second-order valence-corrected chi connectivity index (χ2v) is 5.43. The number of ether oxygens (including phenoxy) is 1. The number of rotatable bonds is 7. The zero-order chi connectivity index (χ0) is 15.1. The van der Waals surface area contributed by atoms with Crippen LogP contribution in [0.4, 0.5) is 10.1 Å². The van der Waals surface area contributed by atoms with Gasteiger partial charge in [-0.1, -0.05) is 6.92 Å². The van der Waals surface area contributed by atoms with E-state index in [-0.39, 0.29) is 24.1 Å². The lowest BCUT2D eigenvalue weighted by molar-refractivity contribution is -0.116. The summed E-state index contributed by atoms with van der Waals surface area (Å²) in [4.78, 5) is 12.0. The highest BCUT2D eigenvalue weighted by atomic mass is 35.5. The zero-order valence-electron chi connectivity index (χ0n) is 12.9. The minimum absolute atomic E-state index is 0. The number of hydrogen-bond acceptors (Lipinski definition) is 3. The molecule has 0 aromatic heterocycles. The van der Waals surface area contributed by atoms with Gasteiger partial charge in [-0.15, -0.1) is 12.4 Å². The molecular formula is C16H24ClFN2O2. The molecule has 1 saturated heterocycles. The number of carbonyl (C=O) groups is 1. The van der Waals surface area contributed by atoms with Crippen molar-refractivity contribution in [2.45, 2.75) is 32.6 Å². The summed E-state index contributed by atoms with van der Waals surface area (Å²) in [5, 5.41) is 6.11. The first kappa shape index (κ1) is 18.7. The molecule has 1 aromatic rings. The van der Waals surface area contributed by atoms with E-state index in [9.17, 15) is 9.18 Å². The second kappa shape index (κ2) is 9.64. The zero-order valence-corrected chi connectivity index (χ0v) is 13.7. The van der Waals surface area contributed by atoms with E-state index < -0.39 is 0 Å². The standard InChI is InChI=1S/C16H23FN2O2.ClH/c1-2-9-21-15-10-13(17)4-5-14(15)19-16(20)6-3-12-7-8-18-11-12;/h4-5,10,12,18H,2-3,6-9,11H2,1H3,(H,19,20);1H. The smallest absolute Gasteiger partial charge is 0.224 e. The molecule has 1 amide bonds. The first-order chi connectivity index (χ1) is 10.2. The van der Waals surface area contributed by atoms with E-state index in [1.54, 1.807) is 6.07 Å². The van der Waals surface area contributed by atoms with Crippen LogP contribution < -0.4 is 15.4 Å². The van der Waals surface area contributed by atoms with Gasteiger partial charge in [0.1, 0.15) is 11.6 Å². The molecule has 0 spiro atoms. The monoisotopic (exact) mass is 330 g/mol. The summed E-state index contributed by atoms with van der Waals surface area (Å²) in [6.07, 6.45) is 3.33. The molecule has 124 valence electrons. The summed E-state index contributed by atoms with van der Waals surface area (Å²) in [7, 11) is 0. The maximum Gasteiger partial charge on any atom is 0.224 e. The molecule has 0 radical (unpaired) electrons. The molecular weight excluding hydrogens is 307 g/mol. The van der Waals surface area contributed by atoms with Gasteiger partial charge in [-0.2, -0.15) is 0 Å². The SMILES string of the molecule is CCCOc1cc(F)ccc1NC(=O)CCC1CCNC1.Cl. The molecule has 0 bridgehead atoms. The summed E-state index contributed by atoms with van der Waals surface area (Å²) in [5.74, 6) is 0.568. The van der Waals surface area contributed by atoms with Crippen LogP contribution in [-0.4, -0.2) is 25.6 Å². The number of amides is 1. The lowest BCUT2D eigenvalue weighted by Gasteiger charge is -2.13. The maximum atomic E-state index is 13.3. The molecule has 2 N–H and O–H groups in total. The molecule has 1 atom stereocenters. The van der Waals surface area contributed by atoms with Crippen LogP contribution in [0.25, 0.3) is 0 Å². The van der Waals surface area contributed by atoms with Crippen molar-refractivity contribution in [3.8, 4) is 5.75 Å². The third-order valence-corrected chi connectivity index (χ3v) is 3.62. The van der Waals surface area contributed by atoms with Gasteiger partial charge in [0.25, 0.3) is 0 Å². The Balaban J connectivity index is 0.00000242. The van der Waals surface area contributed by atoms with Crippen molar-refractivity contribution in [1.29, 1.82) is 0 Å². The minimum atomic E-state index is -0.365. The molecule has 1 aliphatic heterocycles. The van der Waals surface area contributed by atoms with Gasteiger partial charge in [0.05, 0.1) is 12.3 Å². The Bertz CT molecular complexity index is 479. The number of carbonyl (C=O) groups excluding carboxylic acids is 1. The quantitative estimate of drug-likeness (QED) is 0.806.